The second kappa shape index (κ2) is 13.4. The summed E-state index contributed by atoms with van der Waals surface area (Å²) in [4.78, 5) is 52.8. The summed E-state index contributed by atoms with van der Waals surface area (Å²) in [6.07, 6.45) is 3.33. The van der Waals surface area contributed by atoms with E-state index in [1.807, 2.05) is 33.8 Å². The molecule has 2 aromatic heterocycles. The van der Waals surface area contributed by atoms with E-state index in [4.69, 9.17) is 9.52 Å². The van der Waals surface area contributed by atoms with Gasteiger partial charge in [0, 0.05) is 17.2 Å². The van der Waals surface area contributed by atoms with Gasteiger partial charge in [-0.2, -0.15) is 5.10 Å². The number of amides is 3. The summed E-state index contributed by atoms with van der Waals surface area (Å²) < 4.78 is 5.70. The van der Waals surface area contributed by atoms with Crippen molar-refractivity contribution in [3.8, 4) is 22.7 Å². The van der Waals surface area contributed by atoms with Crippen molar-refractivity contribution in [3.63, 3.8) is 0 Å². The highest BCUT2D eigenvalue weighted by Crippen LogP contribution is 2.26. The Morgan fingerprint density at radius 2 is 1.74 bits per heavy atom. The molecule has 3 amide bonds. The molecule has 39 heavy (non-hydrogen) atoms. The van der Waals surface area contributed by atoms with Crippen molar-refractivity contribution in [1.82, 2.24) is 31.1 Å². The number of aromatic amines is 1. The summed E-state index contributed by atoms with van der Waals surface area (Å²) in [5.41, 5.74) is 1.92. The van der Waals surface area contributed by atoms with E-state index in [1.54, 1.807) is 24.3 Å². The van der Waals surface area contributed by atoms with Gasteiger partial charge in [0.1, 0.15) is 12.6 Å². The Morgan fingerprint density at radius 1 is 1.03 bits per heavy atom. The fraction of sp³-hybridized carbons (Fsp3) is 0.407. The monoisotopic (exact) mass is 538 g/mol. The van der Waals surface area contributed by atoms with Gasteiger partial charge in [0.2, 0.25) is 17.6 Å². The average molecular weight is 539 g/mol. The van der Waals surface area contributed by atoms with Gasteiger partial charge in [-0.05, 0) is 43.4 Å². The number of hydrogen-bond acceptors (Lipinski definition) is 7. The zero-order chi connectivity index (χ0) is 28.5. The molecular weight excluding hydrogens is 504 g/mol. The molecule has 3 aromatic rings. The first-order valence-electron chi connectivity index (χ1n) is 12.8. The molecule has 208 valence electrons. The zero-order valence-electron chi connectivity index (χ0n) is 22.4. The lowest BCUT2D eigenvalue weighted by Gasteiger charge is -2.19. The number of carboxylic acids is 1. The van der Waals surface area contributed by atoms with Gasteiger partial charge in [-0.1, -0.05) is 39.8 Å². The van der Waals surface area contributed by atoms with Crippen LogP contribution in [0.25, 0.3) is 22.7 Å². The maximum absolute atomic E-state index is 12.8. The Kier molecular flexibility index (Phi) is 9.96. The quantitative estimate of drug-likeness (QED) is 0.220. The van der Waals surface area contributed by atoms with Crippen molar-refractivity contribution in [3.05, 3.63) is 48.0 Å². The van der Waals surface area contributed by atoms with Gasteiger partial charge in [-0.15, -0.1) is 0 Å². The molecular formula is C27H34N6O6. The molecule has 1 aromatic carbocycles. The number of carbonyl (C=O) groups excluding carboxylic acids is 3. The molecule has 1 atom stereocenters. The van der Waals surface area contributed by atoms with E-state index in [1.165, 1.54) is 6.20 Å². The molecule has 3 rings (SSSR count). The molecule has 0 bridgehead atoms. The maximum atomic E-state index is 12.8. The highest BCUT2D eigenvalue weighted by Gasteiger charge is 2.24. The molecule has 5 N–H and O–H groups in total. The fourth-order valence-electron chi connectivity index (χ4n) is 3.89. The van der Waals surface area contributed by atoms with Crippen molar-refractivity contribution < 1.29 is 28.7 Å². The lowest BCUT2D eigenvalue weighted by atomic mass is 10.0. The van der Waals surface area contributed by atoms with Gasteiger partial charge in [0.05, 0.1) is 11.9 Å². The van der Waals surface area contributed by atoms with Crippen LogP contribution in [0.3, 0.4) is 0 Å². The van der Waals surface area contributed by atoms with E-state index in [2.05, 4.69) is 31.1 Å². The van der Waals surface area contributed by atoms with Gasteiger partial charge in [-0.25, -0.2) is 4.98 Å². The van der Waals surface area contributed by atoms with E-state index < -0.39 is 30.4 Å². The normalized spacial score (nSPS) is 11.8. The van der Waals surface area contributed by atoms with Crippen LogP contribution in [0.15, 0.2) is 40.9 Å². The van der Waals surface area contributed by atoms with Crippen molar-refractivity contribution >= 4 is 23.7 Å². The van der Waals surface area contributed by atoms with Crippen LogP contribution in [0.2, 0.25) is 0 Å². The van der Waals surface area contributed by atoms with Gasteiger partial charge >= 0.3 is 5.97 Å². The lowest BCUT2D eigenvalue weighted by Crippen LogP contribution is -2.48. The number of hydrogen-bond donors (Lipinski definition) is 5. The number of carbonyl (C=O) groups is 4. The highest BCUT2D eigenvalue weighted by molar-refractivity contribution is 5.97. The molecule has 0 unspecified atom stereocenters. The Balaban J connectivity index is 1.73. The molecule has 0 radical (unpaired) electrons. The van der Waals surface area contributed by atoms with E-state index >= 15 is 0 Å². The van der Waals surface area contributed by atoms with E-state index in [-0.39, 0.29) is 35.2 Å². The number of carboxylic acid groups (broad SMARTS) is 1. The lowest BCUT2D eigenvalue weighted by molar-refractivity contribution is -0.138. The van der Waals surface area contributed by atoms with Crippen LogP contribution in [0.5, 0.6) is 0 Å². The number of aromatic nitrogens is 3. The number of H-pyrrole nitrogens is 1. The van der Waals surface area contributed by atoms with E-state index in [9.17, 15) is 19.2 Å². The molecule has 0 aliphatic carbocycles. The average Bonchev–Trinajstić information content (AvgIpc) is 3.60. The van der Waals surface area contributed by atoms with Gasteiger partial charge in [-0.3, -0.25) is 24.3 Å². The standard InChI is InChI=1S/C27H34N6O6/c1-5-18(6-2)30-26(38)22-13-29-27(39-22)17-9-7-8-16(11-17)19-12-21(33-32-19)25(37)31-20(10-15(3)4)24(36)28-14-23(34)35/h7-9,11-13,15,18,20H,5-6,10,14H2,1-4H3,(H,28,36)(H,30,38)(H,31,37)(H,32,33)(H,34,35)/t20-/m0/s1. The number of nitrogens with one attached hydrogen (secondary N) is 4. The fourth-order valence-corrected chi connectivity index (χ4v) is 3.89. The molecule has 0 saturated heterocycles. The molecule has 0 aliphatic rings. The van der Waals surface area contributed by atoms with Crippen molar-refractivity contribution in [2.45, 2.75) is 59.0 Å². The van der Waals surface area contributed by atoms with Crippen molar-refractivity contribution in [2.24, 2.45) is 5.92 Å². The number of aliphatic carboxylic acids is 1. The first kappa shape index (κ1) is 29.1. The van der Waals surface area contributed by atoms with Gasteiger partial charge in [0.15, 0.2) is 5.69 Å². The highest BCUT2D eigenvalue weighted by atomic mass is 16.4. The summed E-state index contributed by atoms with van der Waals surface area (Å²) in [5, 5.41) is 23.6. The molecule has 0 aliphatic heterocycles. The van der Waals surface area contributed by atoms with Crippen LogP contribution in [-0.4, -0.2) is 62.6 Å². The second-order valence-corrected chi connectivity index (χ2v) is 9.53. The molecule has 0 saturated carbocycles. The van der Waals surface area contributed by atoms with Crippen molar-refractivity contribution in [1.29, 1.82) is 0 Å². The number of oxazole rings is 1. The van der Waals surface area contributed by atoms with E-state index in [0.29, 0.717) is 23.2 Å². The van der Waals surface area contributed by atoms with Gasteiger partial charge < -0.3 is 25.5 Å². The third kappa shape index (κ3) is 8.00. The minimum absolute atomic E-state index is 0.0564. The Morgan fingerprint density at radius 3 is 2.41 bits per heavy atom. The zero-order valence-corrected chi connectivity index (χ0v) is 22.4. The van der Waals surface area contributed by atoms with E-state index in [0.717, 1.165) is 12.8 Å². The first-order valence-corrected chi connectivity index (χ1v) is 12.8. The molecule has 12 heteroatoms. The van der Waals surface area contributed by atoms with Crippen molar-refractivity contribution in [2.75, 3.05) is 6.54 Å². The summed E-state index contributed by atoms with van der Waals surface area (Å²) in [5.74, 6) is -2.20. The summed E-state index contributed by atoms with van der Waals surface area (Å²) >= 11 is 0. The topological polar surface area (TPSA) is 179 Å². The minimum Gasteiger partial charge on any atom is -0.480 e. The van der Waals surface area contributed by atoms with Crippen LogP contribution < -0.4 is 16.0 Å². The van der Waals surface area contributed by atoms with Gasteiger partial charge in [0.25, 0.3) is 11.8 Å². The summed E-state index contributed by atoms with van der Waals surface area (Å²) in [6.45, 7) is 7.24. The molecule has 0 spiro atoms. The second-order valence-electron chi connectivity index (χ2n) is 9.53. The molecule has 12 nitrogen and oxygen atoms in total. The summed E-state index contributed by atoms with van der Waals surface area (Å²) in [7, 11) is 0. The first-order chi connectivity index (χ1) is 18.6. The van der Waals surface area contributed by atoms with Crippen LogP contribution in [-0.2, 0) is 9.59 Å². The van der Waals surface area contributed by atoms with Crippen LogP contribution in [0, 0.1) is 5.92 Å². The predicted octanol–water partition coefficient (Wildman–Crippen LogP) is 3.00. The number of rotatable bonds is 13. The van der Waals surface area contributed by atoms with Crippen LogP contribution in [0.4, 0.5) is 0 Å². The smallest absolute Gasteiger partial charge is 0.322 e. The third-order valence-electron chi connectivity index (χ3n) is 6.02. The van der Waals surface area contributed by atoms with Crippen LogP contribution >= 0.6 is 0 Å². The largest absolute Gasteiger partial charge is 0.480 e. The molecule has 0 fully saturated rings. The Bertz CT molecular complexity index is 1310. The maximum Gasteiger partial charge on any atom is 0.322 e. The predicted molar refractivity (Wildman–Crippen MR) is 143 cm³/mol. The minimum atomic E-state index is -1.18. The Hall–Kier alpha value is -4.48. The van der Waals surface area contributed by atoms with Crippen LogP contribution in [0.1, 0.15) is 68.0 Å². The Labute approximate surface area is 226 Å². The summed E-state index contributed by atoms with van der Waals surface area (Å²) in [6, 6.07) is 7.84. The number of benzene rings is 1. The molecule has 2 heterocycles. The SMILES string of the molecule is CCC(CC)NC(=O)c1cnc(-c2cccc(-c3cc(C(=O)N[C@@H](CC(C)C)C(=O)NCC(=O)O)n[nH]3)c2)o1. The number of nitrogens with zero attached hydrogens (tertiary/aromatic N) is 2. The third-order valence-corrected chi connectivity index (χ3v) is 6.02.